The molecular formula is C10H20N2O2. The molecule has 4 N–H and O–H groups in total. The highest BCUT2D eigenvalue weighted by Gasteiger charge is 2.12. The molecule has 14 heavy (non-hydrogen) atoms. The second-order valence-corrected chi connectivity index (χ2v) is 3.56. The monoisotopic (exact) mass is 200 g/mol. The molecule has 0 rings (SSSR count). The predicted octanol–water partition coefficient (Wildman–Crippen LogP) is 0.381. The lowest BCUT2D eigenvalue weighted by Gasteiger charge is -2.08. The van der Waals surface area contributed by atoms with Crippen LogP contribution in [-0.2, 0) is 9.59 Å². The second kappa shape index (κ2) is 7.64. The first-order valence-electron chi connectivity index (χ1n) is 5.05. The number of rotatable bonds is 8. The van der Waals surface area contributed by atoms with E-state index in [4.69, 9.17) is 11.5 Å². The summed E-state index contributed by atoms with van der Waals surface area (Å²) in [5.74, 6) is 0.0183. The molecule has 0 saturated carbocycles. The Labute approximate surface area is 85.0 Å². The van der Waals surface area contributed by atoms with Gasteiger partial charge in [0.2, 0.25) is 0 Å². The fraction of sp³-hybridized carbons (Fsp3) is 0.800. The number of hydrogen-bond acceptors (Lipinski definition) is 4. The van der Waals surface area contributed by atoms with Gasteiger partial charge in [-0.15, -0.1) is 0 Å². The van der Waals surface area contributed by atoms with E-state index in [0.29, 0.717) is 19.4 Å². The van der Waals surface area contributed by atoms with Gasteiger partial charge < -0.3 is 16.3 Å². The lowest BCUT2D eigenvalue weighted by molar-refractivity contribution is -0.124. The lowest BCUT2D eigenvalue weighted by Crippen LogP contribution is -2.30. The average Bonchev–Trinajstić information content (AvgIpc) is 2.14. The maximum absolute atomic E-state index is 11.3. The molecule has 4 nitrogen and oxygen atoms in total. The van der Waals surface area contributed by atoms with Crippen LogP contribution in [0.15, 0.2) is 0 Å². The standard InChI is InChI=1S/C10H20N2O2/c1-8(13)5-6-10(14)9(12)4-2-3-7-11/h9H,2-7,11-12H2,1H3/t9-/m0/s1. The maximum atomic E-state index is 11.3. The molecule has 0 amide bonds. The Balaban J connectivity index is 3.59. The van der Waals surface area contributed by atoms with Crippen molar-refractivity contribution in [3.8, 4) is 0 Å². The fourth-order valence-corrected chi connectivity index (χ4v) is 1.15. The minimum Gasteiger partial charge on any atom is -0.330 e. The van der Waals surface area contributed by atoms with Crippen molar-refractivity contribution >= 4 is 11.6 Å². The van der Waals surface area contributed by atoms with E-state index in [-0.39, 0.29) is 18.0 Å². The van der Waals surface area contributed by atoms with Crippen LogP contribution in [0.1, 0.15) is 39.0 Å². The van der Waals surface area contributed by atoms with Gasteiger partial charge in [0.1, 0.15) is 11.6 Å². The third kappa shape index (κ3) is 6.74. The molecule has 0 aliphatic heterocycles. The summed E-state index contributed by atoms with van der Waals surface area (Å²) in [6, 6.07) is -0.416. The predicted molar refractivity (Wildman–Crippen MR) is 55.8 cm³/mol. The molecule has 82 valence electrons. The zero-order valence-corrected chi connectivity index (χ0v) is 8.79. The molecule has 0 heterocycles. The van der Waals surface area contributed by atoms with Crippen LogP contribution in [0.25, 0.3) is 0 Å². The summed E-state index contributed by atoms with van der Waals surface area (Å²) in [5.41, 5.74) is 11.0. The minimum atomic E-state index is -0.416. The molecule has 0 aromatic rings. The Hall–Kier alpha value is -0.740. The first-order chi connectivity index (χ1) is 6.57. The first-order valence-corrected chi connectivity index (χ1v) is 5.05. The van der Waals surface area contributed by atoms with Crippen molar-refractivity contribution in [3.05, 3.63) is 0 Å². The summed E-state index contributed by atoms with van der Waals surface area (Å²) >= 11 is 0. The third-order valence-electron chi connectivity index (χ3n) is 2.11. The van der Waals surface area contributed by atoms with Crippen LogP contribution < -0.4 is 11.5 Å². The molecule has 0 fully saturated rings. The molecule has 0 unspecified atom stereocenters. The Kier molecular flexibility index (Phi) is 7.24. The topological polar surface area (TPSA) is 86.2 Å². The van der Waals surface area contributed by atoms with Gasteiger partial charge in [-0.2, -0.15) is 0 Å². The number of unbranched alkanes of at least 4 members (excludes halogenated alkanes) is 1. The largest absolute Gasteiger partial charge is 0.330 e. The van der Waals surface area contributed by atoms with Crippen LogP contribution in [0.5, 0.6) is 0 Å². The van der Waals surface area contributed by atoms with Gasteiger partial charge in [0, 0.05) is 12.8 Å². The van der Waals surface area contributed by atoms with Crippen LogP contribution >= 0.6 is 0 Å². The van der Waals surface area contributed by atoms with Crippen molar-refractivity contribution in [2.45, 2.75) is 45.1 Å². The normalized spacial score (nSPS) is 12.5. The molecule has 0 aromatic carbocycles. The number of carbonyl (C=O) groups excluding carboxylic acids is 2. The highest BCUT2D eigenvalue weighted by atomic mass is 16.1. The number of carbonyl (C=O) groups is 2. The number of hydrogen-bond donors (Lipinski definition) is 2. The minimum absolute atomic E-state index is 0.0165. The van der Waals surface area contributed by atoms with E-state index >= 15 is 0 Å². The van der Waals surface area contributed by atoms with E-state index in [2.05, 4.69) is 0 Å². The van der Waals surface area contributed by atoms with Crippen molar-refractivity contribution in [2.24, 2.45) is 11.5 Å². The number of ketones is 2. The third-order valence-corrected chi connectivity index (χ3v) is 2.11. The van der Waals surface area contributed by atoms with Gasteiger partial charge in [0.25, 0.3) is 0 Å². The highest BCUT2D eigenvalue weighted by molar-refractivity contribution is 5.88. The van der Waals surface area contributed by atoms with Gasteiger partial charge in [0.15, 0.2) is 0 Å². The first kappa shape index (κ1) is 13.3. The van der Waals surface area contributed by atoms with Gasteiger partial charge in [0.05, 0.1) is 6.04 Å². The molecular weight excluding hydrogens is 180 g/mol. The van der Waals surface area contributed by atoms with E-state index in [1.54, 1.807) is 0 Å². The van der Waals surface area contributed by atoms with Gasteiger partial charge >= 0.3 is 0 Å². The zero-order chi connectivity index (χ0) is 11.0. The summed E-state index contributed by atoms with van der Waals surface area (Å²) in [6.07, 6.45) is 3.04. The second-order valence-electron chi connectivity index (χ2n) is 3.56. The van der Waals surface area contributed by atoms with E-state index in [1.165, 1.54) is 6.92 Å². The number of Topliss-reactive ketones (excluding diaryl/α,β-unsaturated/α-hetero) is 2. The molecule has 0 aliphatic rings. The highest BCUT2D eigenvalue weighted by Crippen LogP contribution is 2.03. The van der Waals surface area contributed by atoms with Crippen LogP contribution in [0, 0.1) is 0 Å². The quantitative estimate of drug-likeness (QED) is 0.555. The van der Waals surface area contributed by atoms with Gasteiger partial charge in [-0.05, 0) is 26.3 Å². The Morgan fingerprint density at radius 1 is 1.21 bits per heavy atom. The molecule has 0 saturated heterocycles. The molecule has 0 bridgehead atoms. The Morgan fingerprint density at radius 3 is 2.36 bits per heavy atom. The zero-order valence-electron chi connectivity index (χ0n) is 8.79. The summed E-state index contributed by atoms with van der Waals surface area (Å²) in [4.78, 5) is 22.0. The number of nitrogens with two attached hydrogens (primary N) is 2. The van der Waals surface area contributed by atoms with E-state index in [1.807, 2.05) is 0 Å². The van der Waals surface area contributed by atoms with E-state index < -0.39 is 6.04 Å². The lowest BCUT2D eigenvalue weighted by atomic mass is 10.0. The van der Waals surface area contributed by atoms with Crippen LogP contribution in [-0.4, -0.2) is 24.2 Å². The fourth-order valence-electron chi connectivity index (χ4n) is 1.15. The molecule has 4 heteroatoms. The SMILES string of the molecule is CC(=O)CCC(=O)[C@@H](N)CCCCN. The molecule has 0 aliphatic carbocycles. The van der Waals surface area contributed by atoms with Crippen LogP contribution in [0.2, 0.25) is 0 Å². The maximum Gasteiger partial charge on any atom is 0.149 e. The summed E-state index contributed by atoms with van der Waals surface area (Å²) in [6.45, 7) is 2.11. The van der Waals surface area contributed by atoms with Crippen molar-refractivity contribution in [2.75, 3.05) is 6.54 Å². The summed E-state index contributed by atoms with van der Waals surface area (Å²) in [5, 5.41) is 0. The summed E-state index contributed by atoms with van der Waals surface area (Å²) < 4.78 is 0. The average molecular weight is 200 g/mol. The van der Waals surface area contributed by atoms with Crippen LogP contribution in [0.4, 0.5) is 0 Å². The van der Waals surface area contributed by atoms with Crippen LogP contribution in [0.3, 0.4) is 0 Å². The summed E-state index contributed by atoms with van der Waals surface area (Å²) in [7, 11) is 0. The van der Waals surface area contributed by atoms with Gasteiger partial charge in [-0.25, -0.2) is 0 Å². The van der Waals surface area contributed by atoms with Gasteiger partial charge in [-0.1, -0.05) is 6.42 Å². The van der Waals surface area contributed by atoms with Crippen molar-refractivity contribution in [3.63, 3.8) is 0 Å². The van der Waals surface area contributed by atoms with Gasteiger partial charge in [-0.3, -0.25) is 4.79 Å². The smallest absolute Gasteiger partial charge is 0.149 e. The van der Waals surface area contributed by atoms with E-state index in [9.17, 15) is 9.59 Å². The molecule has 0 spiro atoms. The van der Waals surface area contributed by atoms with Crippen molar-refractivity contribution in [1.29, 1.82) is 0 Å². The Morgan fingerprint density at radius 2 is 1.86 bits per heavy atom. The molecule has 1 atom stereocenters. The van der Waals surface area contributed by atoms with E-state index in [0.717, 1.165) is 12.8 Å². The Bertz CT molecular complexity index is 193. The molecule has 0 radical (unpaired) electrons. The molecule has 0 aromatic heterocycles. The van der Waals surface area contributed by atoms with Crippen molar-refractivity contribution in [1.82, 2.24) is 0 Å². The van der Waals surface area contributed by atoms with Crippen molar-refractivity contribution < 1.29 is 9.59 Å².